The fraction of sp³-hybridized carbons (Fsp3) is 0.562. The molecule has 0 saturated carbocycles. The minimum Gasteiger partial charge on any atom is -0.335 e. The van der Waals surface area contributed by atoms with Gasteiger partial charge in [0.1, 0.15) is 0 Å². The van der Waals surface area contributed by atoms with Crippen LogP contribution in [0.2, 0.25) is 5.02 Å². The Morgan fingerprint density at radius 3 is 2.70 bits per heavy atom. The Balaban J connectivity index is 1.83. The molecule has 4 heteroatoms. The van der Waals surface area contributed by atoms with Gasteiger partial charge < -0.3 is 10.2 Å². The topological polar surface area (TPSA) is 32.3 Å². The summed E-state index contributed by atoms with van der Waals surface area (Å²) < 4.78 is 0. The van der Waals surface area contributed by atoms with E-state index >= 15 is 0 Å². The highest BCUT2D eigenvalue weighted by atomic mass is 35.5. The third-order valence-corrected chi connectivity index (χ3v) is 4.29. The van der Waals surface area contributed by atoms with Crippen molar-refractivity contribution in [2.24, 2.45) is 5.92 Å². The predicted octanol–water partition coefficient (Wildman–Crippen LogP) is 3.71. The van der Waals surface area contributed by atoms with Crippen molar-refractivity contribution in [2.45, 2.75) is 39.2 Å². The van der Waals surface area contributed by atoms with Crippen molar-refractivity contribution in [3.05, 3.63) is 34.9 Å². The molecule has 1 heterocycles. The second-order valence-electron chi connectivity index (χ2n) is 5.82. The van der Waals surface area contributed by atoms with Crippen molar-refractivity contribution in [3.63, 3.8) is 0 Å². The van der Waals surface area contributed by atoms with Crippen molar-refractivity contribution in [2.75, 3.05) is 13.1 Å². The van der Waals surface area contributed by atoms with Gasteiger partial charge >= 0.3 is 6.03 Å². The van der Waals surface area contributed by atoms with Gasteiger partial charge in [0.2, 0.25) is 0 Å². The number of benzene rings is 1. The zero-order valence-electron chi connectivity index (χ0n) is 12.2. The van der Waals surface area contributed by atoms with E-state index in [1.54, 1.807) is 0 Å². The number of hydrogen-bond acceptors (Lipinski definition) is 1. The molecule has 0 aromatic heterocycles. The van der Waals surface area contributed by atoms with E-state index in [1.165, 1.54) is 0 Å². The molecule has 3 nitrogen and oxygen atoms in total. The van der Waals surface area contributed by atoms with Crippen molar-refractivity contribution in [1.82, 2.24) is 10.2 Å². The number of piperidine rings is 1. The second kappa shape index (κ2) is 6.98. The third-order valence-electron chi connectivity index (χ3n) is 3.92. The summed E-state index contributed by atoms with van der Waals surface area (Å²) in [5.74, 6) is 0.736. The Morgan fingerprint density at radius 1 is 1.40 bits per heavy atom. The lowest BCUT2D eigenvalue weighted by Gasteiger charge is -2.31. The lowest BCUT2D eigenvalue weighted by Crippen LogP contribution is -2.47. The van der Waals surface area contributed by atoms with E-state index in [4.69, 9.17) is 11.6 Å². The van der Waals surface area contributed by atoms with Crippen LogP contribution in [0.25, 0.3) is 0 Å². The minimum atomic E-state index is 0.0523. The number of rotatable bonds is 3. The molecule has 1 aromatic rings. The maximum Gasteiger partial charge on any atom is 0.317 e. The molecule has 2 amide bonds. The lowest BCUT2D eigenvalue weighted by atomic mass is 9.99. The Kier molecular flexibility index (Phi) is 5.30. The number of carbonyl (C=O) groups excluding carboxylic acids is 1. The third kappa shape index (κ3) is 4.14. The van der Waals surface area contributed by atoms with Crippen LogP contribution in [0, 0.1) is 5.92 Å². The predicted molar refractivity (Wildman–Crippen MR) is 83.1 cm³/mol. The maximum absolute atomic E-state index is 12.2. The average molecular weight is 295 g/mol. The second-order valence-corrected chi connectivity index (χ2v) is 6.22. The first-order valence-electron chi connectivity index (χ1n) is 7.35. The Morgan fingerprint density at radius 2 is 2.05 bits per heavy atom. The monoisotopic (exact) mass is 294 g/mol. The summed E-state index contributed by atoms with van der Waals surface area (Å²) in [7, 11) is 0. The molecule has 1 aliphatic rings. The van der Waals surface area contributed by atoms with E-state index < -0.39 is 0 Å². The fourth-order valence-electron chi connectivity index (χ4n) is 2.56. The van der Waals surface area contributed by atoms with Crippen molar-refractivity contribution in [3.8, 4) is 0 Å². The standard InChI is InChI=1S/C16H23ClN2O/c1-12-7-9-19(10-8-12)16(20)18-13(2)11-14-5-3-4-6-15(14)17/h3-6,12-13H,7-11H2,1-2H3,(H,18,20). The molecule has 110 valence electrons. The Labute approximate surface area is 126 Å². The van der Waals surface area contributed by atoms with Crippen LogP contribution in [0.5, 0.6) is 0 Å². The molecule has 0 spiro atoms. The van der Waals surface area contributed by atoms with Crippen molar-refractivity contribution < 1.29 is 4.79 Å². The van der Waals surface area contributed by atoms with Gasteiger partial charge in [-0.05, 0) is 43.7 Å². The van der Waals surface area contributed by atoms with Gasteiger partial charge in [0.15, 0.2) is 0 Å². The molecule has 1 aromatic carbocycles. The van der Waals surface area contributed by atoms with Gasteiger partial charge in [-0.25, -0.2) is 4.79 Å². The number of nitrogens with zero attached hydrogens (tertiary/aromatic N) is 1. The van der Waals surface area contributed by atoms with Crippen LogP contribution in [0.1, 0.15) is 32.3 Å². The van der Waals surface area contributed by atoms with Gasteiger partial charge in [0, 0.05) is 24.2 Å². The molecule has 0 radical (unpaired) electrons. The number of carbonyl (C=O) groups is 1. The number of urea groups is 1. The molecule has 1 aliphatic heterocycles. The number of hydrogen-bond donors (Lipinski definition) is 1. The number of nitrogens with one attached hydrogen (secondary N) is 1. The van der Waals surface area contributed by atoms with Gasteiger partial charge in [-0.2, -0.15) is 0 Å². The van der Waals surface area contributed by atoms with Gasteiger partial charge in [0.05, 0.1) is 0 Å². The first kappa shape index (κ1) is 15.2. The molecule has 1 saturated heterocycles. The zero-order valence-corrected chi connectivity index (χ0v) is 13.0. The van der Waals surface area contributed by atoms with Crippen molar-refractivity contribution >= 4 is 17.6 Å². The van der Waals surface area contributed by atoms with Crippen LogP contribution in [0.3, 0.4) is 0 Å². The van der Waals surface area contributed by atoms with E-state index in [0.29, 0.717) is 0 Å². The summed E-state index contributed by atoms with van der Waals surface area (Å²) in [6.45, 7) is 6.00. The number of halogens is 1. The summed E-state index contributed by atoms with van der Waals surface area (Å²) in [6.07, 6.45) is 2.97. The Bertz CT molecular complexity index is 456. The van der Waals surface area contributed by atoms with E-state index in [2.05, 4.69) is 12.2 Å². The summed E-state index contributed by atoms with van der Waals surface area (Å²) in [5, 5.41) is 3.83. The fourth-order valence-corrected chi connectivity index (χ4v) is 2.77. The molecular weight excluding hydrogens is 272 g/mol. The van der Waals surface area contributed by atoms with Gasteiger partial charge in [0.25, 0.3) is 0 Å². The molecule has 1 N–H and O–H groups in total. The highest BCUT2D eigenvalue weighted by molar-refractivity contribution is 6.31. The Hall–Kier alpha value is -1.22. The molecule has 20 heavy (non-hydrogen) atoms. The van der Waals surface area contributed by atoms with Crippen LogP contribution in [0.4, 0.5) is 4.79 Å². The normalized spacial score (nSPS) is 17.9. The first-order chi connectivity index (χ1) is 9.56. The highest BCUT2D eigenvalue weighted by Gasteiger charge is 2.21. The van der Waals surface area contributed by atoms with Crippen LogP contribution in [-0.4, -0.2) is 30.1 Å². The number of likely N-dealkylation sites (tertiary alicyclic amines) is 1. The summed E-state index contributed by atoms with van der Waals surface area (Å²) in [6, 6.07) is 7.93. The lowest BCUT2D eigenvalue weighted by molar-refractivity contribution is 0.171. The molecule has 1 atom stereocenters. The van der Waals surface area contributed by atoms with Crippen molar-refractivity contribution in [1.29, 1.82) is 0 Å². The number of amides is 2. The van der Waals surface area contributed by atoms with Gasteiger partial charge in [-0.3, -0.25) is 0 Å². The van der Waals surface area contributed by atoms with Crippen LogP contribution < -0.4 is 5.32 Å². The molecule has 1 fully saturated rings. The van der Waals surface area contributed by atoms with E-state index in [-0.39, 0.29) is 12.1 Å². The smallest absolute Gasteiger partial charge is 0.317 e. The first-order valence-corrected chi connectivity index (χ1v) is 7.73. The van der Waals surface area contributed by atoms with E-state index in [9.17, 15) is 4.79 Å². The molecular formula is C16H23ClN2O. The molecule has 1 unspecified atom stereocenters. The van der Waals surface area contributed by atoms with Crippen LogP contribution in [-0.2, 0) is 6.42 Å². The summed E-state index contributed by atoms with van der Waals surface area (Å²) >= 11 is 6.15. The van der Waals surface area contributed by atoms with Crippen LogP contribution >= 0.6 is 11.6 Å². The van der Waals surface area contributed by atoms with E-state index in [1.807, 2.05) is 36.1 Å². The molecule has 0 bridgehead atoms. The maximum atomic E-state index is 12.2. The average Bonchev–Trinajstić information content (AvgIpc) is 2.42. The largest absolute Gasteiger partial charge is 0.335 e. The molecule has 0 aliphatic carbocycles. The summed E-state index contributed by atoms with van der Waals surface area (Å²) in [5.41, 5.74) is 1.08. The quantitative estimate of drug-likeness (QED) is 0.905. The van der Waals surface area contributed by atoms with E-state index in [0.717, 1.165) is 48.9 Å². The van der Waals surface area contributed by atoms with Gasteiger partial charge in [-0.1, -0.05) is 36.7 Å². The zero-order chi connectivity index (χ0) is 14.5. The molecule has 2 rings (SSSR count). The minimum absolute atomic E-state index is 0.0523. The van der Waals surface area contributed by atoms with Gasteiger partial charge in [-0.15, -0.1) is 0 Å². The van der Waals surface area contributed by atoms with Crippen LogP contribution in [0.15, 0.2) is 24.3 Å². The summed E-state index contributed by atoms with van der Waals surface area (Å²) in [4.78, 5) is 14.1. The highest BCUT2D eigenvalue weighted by Crippen LogP contribution is 2.18. The SMILES string of the molecule is CC1CCN(C(=O)NC(C)Cc2ccccc2Cl)CC1.